The highest BCUT2D eigenvalue weighted by atomic mass is 16.4. The summed E-state index contributed by atoms with van der Waals surface area (Å²) in [5.41, 5.74) is 6.94. The van der Waals surface area contributed by atoms with Gasteiger partial charge in [-0.1, -0.05) is 24.3 Å². The summed E-state index contributed by atoms with van der Waals surface area (Å²) in [6, 6.07) is 8.66. The Morgan fingerprint density at radius 2 is 1.77 bits per heavy atom. The van der Waals surface area contributed by atoms with Crippen LogP contribution in [0.5, 0.6) is 0 Å². The number of nitrogens with two attached hydrogens (primary N) is 1. The lowest BCUT2D eigenvalue weighted by molar-refractivity contribution is -0.132. The van der Waals surface area contributed by atoms with E-state index in [0.29, 0.717) is 25.9 Å². The third-order valence-electron chi connectivity index (χ3n) is 3.54. The number of nitrogens with zero attached hydrogens (tertiary/aromatic N) is 2. The summed E-state index contributed by atoms with van der Waals surface area (Å²) < 4.78 is 0. The van der Waals surface area contributed by atoms with Crippen molar-refractivity contribution in [3.63, 3.8) is 0 Å². The Kier molecular flexibility index (Phi) is 4.63. The van der Waals surface area contributed by atoms with Crippen molar-refractivity contribution in [1.82, 2.24) is 10.2 Å². The van der Waals surface area contributed by atoms with E-state index in [1.54, 1.807) is 11.0 Å². The van der Waals surface area contributed by atoms with E-state index in [1.165, 1.54) is 11.1 Å². The van der Waals surface area contributed by atoms with Crippen LogP contribution >= 0.6 is 0 Å². The van der Waals surface area contributed by atoms with E-state index in [9.17, 15) is 9.59 Å². The van der Waals surface area contributed by atoms with Crippen molar-refractivity contribution in [2.45, 2.75) is 12.8 Å². The minimum absolute atomic E-state index is 0.0460. The predicted molar refractivity (Wildman–Crippen MR) is 78.4 cm³/mol. The zero-order chi connectivity index (χ0) is 16.1. The highest BCUT2D eigenvalue weighted by Gasteiger charge is 2.23. The van der Waals surface area contributed by atoms with Crippen molar-refractivity contribution >= 4 is 12.0 Å². The van der Waals surface area contributed by atoms with E-state index in [4.69, 9.17) is 16.1 Å². The number of carbonyl (C=O) groups excluding carboxylic acids is 1. The normalized spacial score (nSPS) is 15.0. The van der Waals surface area contributed by atoms with Crippen LogP contribution in [0.3, 0.4) is 0 Å². The lowest BCUT2D eigenvalue weighted by Crippen LogP contribution is -2.41. The topological polar surface area (TPSA) is 119 Å². The molecule has 1 heterocycles. The van der Waals surface area contributed by atoms with E-state index in [0.717, 1.165) is 0 Å². The number of nitrogens with one attached hydrogen (secondary N) is 1. The summed E-state index contributed by atoms with van der Waals surface area (Å²) in [7, 11) is 0. The van der Waals surface area contributed by atoms with Crippen LogP contribution in [0.15, 0.2) is 35.7 Å². The summed E-state index contributed by atoms with van der Waals surface area (Å²) >= 11 is 0. The van der Waals surface area contributed by atoms with Gasteiger partial charge in [0.05, 0.1) is 0 Å². The Bertz CT molecular complexity index is 649. The van der Waals surface area contributed by atoms with E-state index < -0.39 is 17.6 Å². The van der Waals surface area contributed by atoms with Gasteiger partial charge >= 0.3 is 12.0 Å². The minimum Gasteiger partial charge on any atom is -0.477 e. The molecule has 1 aliphatic rings. The molecule has 1 aromatic carbocycles. The van der Waals surface area contributed by atoms with Gasteiger partial charge in [0.15, 0.2) is 5.57 Å². The average Bonchev–Trinajstić information content (AvgIpc) is 2.68. The van der Waals surface area contributed by atoms with Gasteiger partial charge in [-0.3, -0.25) is 5.32 Å². The number of carboxylic acids is 1. The molecule has 7 nitrogen and oxygen atoms in total. The fourth-order valence-electron chi connectivity index (χ4n) is 2.51. The van der Waals surface area contributed by atoms with Gasteiger partial charge in [-0.25, -0.2) is 9.59 Å². The number of hydrogen-bond acceptors (Lipinski definition) is 4. The first-order valence-electron chi connectivity index (χ1n) is 6.78. The summed E-state index contributed by atoms with van der Waals surface area (Å²) in [6.07, 6.45) is 1.39. The summed E-state index contributed by atoms with van der Waals surface area (Å²) in [6.45, 7) is 0.982. The smallest absolute Gasteiger partial charge is 0.350 e. The van der Waals surface area contributed by atoms with Gasteiger partial charge in [0.25, 0.3) is 0 Å². The van der Waals surface area contributed by atoms with Crippen LogP contribution in [0.1, 0.15) is 11.1 Å². The molecule has 0 saturated heterocycles. The van der Waals surface area contributed by atoms with Crippen LogP contribution in [0.2, 0.25) is 0 Å². The van der Waals surface area contributed by atoms with Gasteiger partial charge < -0.3 is 15.7 Å². The number of carbonyl (C=O) groups is 2. The molecule has 0 aromatic heterocycles. The second-order valence-corrected chi connectivity index (χ2v) is 4.89. The van der Waals surface area contributed by atoms with Crippen molar-refractivity contribution in [2.75, 3.05) is 13.1 Å². The fourth-order valence-corrected chi connectivity index (χ4v) is 2.51. The second-order valence-electron chi connectivity index (χ2n) is 4.89. The average molecular weight is 300 g/mol. The quantitative estimate of drug-likeness (QED) is 0.557. The lowest BCUT2D eigenvalue weighted by Gasteiger charge is -2.25. The molecule has 7 heteroatoms. The maximum atomic E-state index is 11.2. The van der Waals surface area contributed by atoms with Gasteiger partial charge in [0.2, 0.25) is 0 Å². The molecule has 0 saturated carbocycles. The molecular weight excluding hydrogens is 284 g/mol. The Morgan fingerprint density at radius 3 is 2.18 bits per heavy atom. The third kappa shape index (κ3) is 3.35. The van der Waals surface area contributed by atoms with Crippen molar-refractivity contribution in [2.24, 2.45) is 5.73 Å². The molecule has 0 bridgehead atoms. The predicted octanol–water partition coefficient (Wildman–Crippen LogP) is 0.575. The Labute approximate surface area is 127 Å². The number of rotatable bonds is 3. The number of fused-ring (bicyclic) bond motifs is 1. The van der Waals surface area contributed by atoms with E-state index in [2.05, 4.69) is 5.32 Å². The summed E-state index contributed by atoms with van der Waals surface area (Å²) in [4.78, 5) is 24.0. The van der Waals surface area contributed by atoms with Crippen molar-refractivity contribution in [3.05, 3.63) is 46.8 Å². The second kappa shape index (κ2) is 6.63. The van der Waals surface area contributed by atoms with Crippen molar-refractivity contribution in [3.8, 4) is 6.07 Å². The van der Waals surface area contributed by atoms with Gasteiger partial charge in [0.1, 0.15) is 11.9 Å². The molecule has 114 valence electrons. The number of benzene rings is 1. The monoisotopic (exact) mass is 300 g/mol. The zero-order valence-electron chi connectivity index (χ0n) is 11.9. The van der Waals surface area contributed by atoms with Crippen LogP contribution < -0.4 is 11.1 Å². The minimum atomic E-state index is -1.40. The summed E-state index contributed by atoms with van der Waals surface area (Å²) in [5, 5.41) is 20.5. The molecule has 0 radical (unpaired) electrons. The number of urea groups is 1. The molecule has 0 unspecified atom stereocenters. The van der Waals surface area contributed by atoms with Crippen LogP contribution in [0, 0.1) is 11.3 Å². The third-order valence-corrected chi connectivity index (χ3v) is 3.54. The van der Waals surface area contributed by atoms with E-state index in [-0.39, 0.29) is 5.82 Å². The Hall–Kier alpha value is -3.01. The molecule has 22 heavy (non-hydrogen) atoms. The first-order valence-corrected chi connectivity index (χ1v) is 6.78. The maximum absolute atomic E-state index is 11.2. The van der Waals surface area contributed by atoms with Crippen molar-refractivity contribution < 1.29 is 14.7 Å². The van der Waals surface area contributed by atoms with Gasteiger partial charge in [-0.05, 0) is 24.0 Å². The van der Waals surface area contributed by atoms with Crippen LogP contribution in [-0.4, -0.2) is 35.1 Å². The van der Waals surface area contributed by atoms with Gasteiger partial charge in [-0.2, -0.15) is 5.26 Å². The zero-order valence-corrected chi connectivity index (χ0v) is 11.9. The molecule has 1 aromatic rings. The number of hydrogen-bond donors (Lipinski definition) is 3. The first-order chi connectivity index (χ1) is 10.5. The van der Waals surface area contributed by atoms with Crippen LogP contribution in [-0.2, 0) is 17.6 Å². The highest BCUT2D eigenvalue weighted by molar-refractivity contribution is 5.92. The molecule has 0 atom stereocenters. The lowest BCUT2D eigenvalue weighted by atomic mass is 10.0. The molecule has 0 fully saturated rings. The fraction of sp³-hybridized carbons (Fsp3) is 0.267. The Morgan fingerprint density at radius 1 is 1.23 bits per heavy atom. The molecule has 2 rings (SSSR count). The van der Waals surface area contributed by atoms with Crippen LogP contribution in [0.4, 0.5) is 4.79 Å². The van der Waals surface area contributed by atoms with E-state index >= 15 is 0 Å². The summed E-state index contributed by atoms with van der Waals surface area (Å²) in [5.74, 6) is -1.44. The maximum Gasteiger partial charge on any atom is 0.350 e. The van der Waals surface area contributed by atoms with Crippen LogP contribution in [0.25, 0.3) is 0 Å². The highest BCUT2D eigenvalue weighted by Crippen LogP contribution is 2.18. The molecule has 1 aliphatic heterocycles. The SMILES string of the molecule is N#CC(C(=O)O)=C(NC(N)=O)N1CCc2ccccc2CC1. The molecule has 4 N–H and O–H groups in total. The largest absolute Gasteiger partial charge is 0.477 e. The molecule has 0 aliphatic carbocycles. The standard InChI is InChI=1S/C15H16N4O3/c16-9-12(14(20)21)13(18-15(17)22)19-7-5-10-3-1-2-4-11(10)6-8-19/h1-4H,5-8H2,(H,20,21)(H3,17,18,22). The molecular formula is C15H16N4O3. The molecule has 0 spiro atoms. The van der Waals surface area contributed by atoms with Gasteiger partial charge in [0, 0.05) is 13.1 Å². The number of nitriles is 1. The number of aliphatic carboxylic acids is 1. The number of carboxylic acid groups (broad SMARTS) is 1. The number of primary amides is 1. The van der Waals surface area contributed by atoms with Gasteiger partial charge in [-0.15, -0.1) is 0 Å². The molecule has 2 amide bonds. The van der Waals surface area contributed by atoms with E-state index in [1.807, 2.05) is 24.3 Å². The number of amides is 2. The Balaban J connectivity index is 2.33. The van der Waals surface area contributed by atoms with Crippen molar-refractivity contribution in [1.29, 1.82) is 5.26 Å². The first kappa shape index (κ1) is 15.4.